The van der Waals surface area contributed by atoms with Crippen LogP contribution in [0.1, 0.15) is 24.7 Å². The van der Waals surface area contributed by atoms with Gasteiger partial charge in [-0.25, -0.2) is 9.37 Å². The average molecular weight is 262 g/mol. The second kappa shape index (κ2) is 6.48. The molecule has 1 atom stereocenters. The standard InChI is InChI=1S/C15H19FN2O/c1-2-7-18-8-6-17-15(18)11-14(19)10-12-4-3-5-13(16)9-12/h3-6,8-9,14,19H,2,7,10-11H2,1H3. The van der Waals surface area contributed by atoms with E-state index in [0.29, 0.717) is 12.8 Å². The first-order valence-corrected chi connectivity index (χ1v) is 6.61. The van der Waals surface area contributed by atoms with Crippen LogP contribution in [-0.4, -0.2) is 20.8 Å². The Labute approximate surface area is 112 Å². The summed E-state index contributed by atoms with van der Waals surface area (Å²) in [5.74, 6) is 0.614. The van der Waals surface area contributed by atoms with Gasteiger partial charge in [0.1, 0.15) is 11.6 Å². The van der Waals surface area contributed by atoms with Gasteiger partial charge < -0.3 is 9.67 Å². The van der Waals surface area contributed by atoms with Crippen LogP contribution in [0.5, 0.6) is 0 Å². The summed E-state index contributed by atoms with van der Waals surface area (Å²) in [6, 6.07) is 6.35. The van der Waals surface area contributed by atoms with Crippen LogP contribution < -0.4 is 0 Å². The number of hydrogen-bond donors (Lipinski definition) is 1. The monoisotopic (exact) mass is 262 g/mol. The maximum Gasteiger partial charge on any atom is 0.123 e. The zero-order valence-corrected chi connectivity index (χ0v) is 11.1. The van der Waals surface area contributed by atoms with E-state index in [9.17, 15) is 9.50 Å². The summed E-state index contributed by atoms with van der Waals surface area (Å²) in [7, 11) is 0. The van der Waals surface area contributed by atoms with E-state index in [4.69, 9.17) is 0 Å². The van der Waals surface area contributed by atoms with Gasteiger partial charge >= 0.3 is 0 Å². The second-order valence-electron chi connectivity index (χ2n) is 4.73. The first-order valence-electron chi connectivity index (χ1n) is 6.61. The third-order valence-electron chi connectivity index (χ3n) is 3.04. The Morgan fingerprint density at radius 2 is 2.21 bits per heavy atom. The number of aryl methyl sites for hydroxylation is 1. The lowest BCUT2D eigenvalue weighted by molar-refractivity contribution is 0.171. The molecule has 1 unspecified atom stereocenters. The molecule has 0 amide bonds. The first-order chi connectivity index (χ1) is 9.19. The lowest BCUT2D eigenvalue weighted by Gasteiger charge is -2.12. The number of benzene rings is 1. The number of hydrogen-bond acceptors (Lipinski definition) is 2. The summed E-state index contributed by atoms with van der Waals surface area (Å²) in [6.07, 6.45) is 5.09. The van der Waals surface area contributed by atoms with Crippen LogP contribution in [-0.2, 0) is 19.4 Å². The lowest BCUT2D eigenvalue weighted by atomic mass is 10.1. The van der Waals surface area contributed by atoms with E-state index in [1.165, 1.54) is 12.1 Å². The molecule has 0 saturated heterocycles. The molecule has 102 valence electrons. The van der Waals surface area contributed by atoms with Crippen molar-refractivity contribution in [2.24, 2.45) is 0 Å². The van der Waals surface area contributed by atoms with Crippen LogP contribution in [0.25, 0.3) is 0 Å². The summed E-state index contributed by atoms with van der Waals surface area (Å²) in [5, 5.41) is 10.1. The largest absolute Gasteiger partial charge is 0.392 e. The fourth-order valence-corrected chi connectivity index (χ4v) is 2.19. The molecule has 2 rings (SSSR count). The van der Waals surface area contributed by atoms with Crippen molar-refractivity contribution < 1.29 is 9.50 Å². The van der Waals surface area contributed by atoms with Crippen molar-refractivity contribution in [3.05, 3.63) is 53.9 Å². The fourth-order valence-electron chi connectivity index (χ4n) is 2.19. The van der Waals surface area contributed by atoms with Crippen LogP contribution in [0.3, 0.4) is 0 Å². The minimum absolute atomic E-state index is 0.266. The maximum absolute atomic E-state index is 13.1. The third-order valence-corrected chi connectivity index (χ3v) is 3.04. The van der Waals surface area contributed by atoms with Crippen molar-refractivity contribution in [3.63, 3.8) is 0 Å². The Bertz CT molecular complexity index is 524. The molecule has 2 aromatic rings. The van der Waals surface area contributed by atoms with Crippen LogP contribution in [0.4, 0.5) is 4.39 Å². The van der Waals surface area contributed by atoms with E-state index in [-0.39, 0.29) is 5.82 Å². The number of imidazole rings is 1. The topological polar surface area (TPSA) is 38.0 Å². The van der Waals surface area contributed by atoms with Gasteiger partial charge in [-0.1, -0.05) is 19.1 Å². The highest BCUT2D eigenvalue weighted by Crippen LogP contribution is 2.10. The van der Waals surface area contributed by atoms with Crippen LogP contribution >= 0.6 is 0 Å². The predicted octanol–water partition coefficient (Wildman–Crippen LogP) is 2.58. The van der Waals surface area contributed by atoms with Gasteiger partial charge in [-0.05, 0) is 30.5 Å². The Balaban J connectivity index is 1.97. The summed E-state index contributed by atoms with van der Waals surface area (Å²) in [5.41, 5.74) is 0.807. The molecule has 0 aliphatic rings. The average Bonchev–Trinajstić information content (AvgIpc) is 2.77. The number of aliphatic hydroxyl groups excluding tert-OH is 1. The van der Waals surface area contributed by atoms with Crippen molar-refractivity contribution in [1.82, 2.24) is 9.55 Å². The summed E-state index contributed by atoms with van der Waals surface area (Å²) in [6.45, 7) is 3.01. The highest BCUT2D eigenvalue weighted by Gasteiger charge is 2.11. The molecule has 0 bridgehead atoms. The molecule has 0 aliphatic carbocycles. The number of halogens is 1. The fraction of sp³-hybridized carbons (Fsp3) is 0.400. The van der Waals surface area contributed by atoms with E-state index in [1.54, 1.807) is 12.3 Å². The zero-order chi connectivity index (χ0) is 13.7. The number of aliphatic hydroxyl groups is 1. The van der Waals surface area contributed by atoms with Gasteiger partial charge in [-0.2, -0.15) is 0 Å². The number of nitrogens with zero attached hydrogens (tertiary/aromatic N) is 2. The molecule has 1 heterocycles. The Morgan fingerprint density at radius 3 is 2.95 bits per heavy atom. The van der Waals surface area contributed by atoms with Gasteiger partial charge in [-0.15, -0.1) is 0 Å². The zero-order valence-electron chi connectivity index (χ0n) is 11.1. The molecule has 1 aromatic heterocycles. The van der Waals surface area contributed by atoms with Gasteiger partial charge in [0.15, 0.2) is 0 Å². The first kappa shape index (κ1) is 13.7. The summed E-state index contributed by atoms with van der Waals surface area (Å²) >= 11 is 0. The van der Waals surface area contributed by atoms with Crippen molar-refractivity contribution in [1.29, 1.82) is 0 Å². The predicted molar refractivity (Wildman–Crippen MR) is 72.3 cm³/mol. The molecule has 0 saturated carbocycles. The van der Waals surface area contributed by atoms with Crippen molar-refractivity contribution in [3.8, 4) is 0 Å². The minimum Gasteiger partial charge on any atom is -0.392 e. The van der Waals surface area contributed by atoms with Gasteiger partial charge in [-0.3, -0.25) is 0 Å². The molecule has 0 fully saturated rings. The molecule has 1 N–H and O–H groups in total. The summed E-state index contributed by atoms with van der Waals surface area (Å²) < 4.78 is 15.1. The van der Waals surface area contributed by atoms with Crippen molar-refractivity contribution in [2.45, 2.75) is 38.8 Å². The molecular weight excluding hydrogens is 243 g/mol. The molecule has 4 heteroatoms. The molecule has 0 radical (unpaired) electrons. The van der Waals surface area contributed by atoms with Gasteiger partial charge in [0, 0.05) is 25.4 Å². The van der Waals surface area contributed by atoms with Crippen molar-refractivity contribution in [2.75, 3.05) is 0 Å². The molecular formula is C15H19FN2O. The smallest absolute Gasteiger partial charge is 0.123 e. The van der Waals surface area contributed by atoms with Gasteiger partial charge in [0.2, 0.25) is 0 Å². The quantitative estimate of drug-likeness (QED) is 0.869. The highest BCUT2D eigenvalue weighted by molar-refractivity contribution is 5.17. The second-order valence-corrected chi connectivity index (χ2v) is 4.73. The summed E-state index contributed by atoms with van der Waals surface area (Å²) in [4.78, 5) is 4.26. The van der Waals surface area contributed by atoms with Crippen LogP contribution in [0.2, 0.25) is 0 Å². The minimum atomic E-state index is -0.542. The maximum atomic E-state index is 13.1. The third kappa shape index (κ3) is 3.89. The van der Waals surface area contributed by atoms with Crippen LogP contribution in [0, 0.1) is 5.82 Å². The van der Waals surface area contributed by atoms with Gasteiger partial charge in [0.05, 0.1) is 6.10 Å². The van der Waals surface area contributed by atoms with E-state index >= 15 is 0 Å². The molecule has 1 aromatic carbocycles. The Morgan fingerprint density at radius 1 is 1.37 bits per heavy atom. The SMILES string of the molecule is CCCn1ccnc1CC(O)Cc1cccc(F)c1. The number of rotatable bonds is 6. The van der Waals surface area contributed by atoms with E-state index in [1.807, 2.05) is 12.3 Å². The lowest BCUT2D eigenvalue weighted by Crippen LogP contribution is -2.17. The molecule has 0 spiro atoms. The Hall–Kier alpha value is -1.68. The van der Waals surface area contributed by atoms with Gasteiger partial charge in [0.25, 0.3) is 0 Å². The molecule has 19 heavy (non-hydrogen) atoms. The number of aromatic nitrogens is 2. The molecule has 3 nitrogen and oxygen atoms in total. The van der Waals surface area contributed by atoms with Crippen LogP contribution in [0.15, 0.2) is 36.7 Å². The highest BCUT2D eigenvalue weighted by atomic mass is 19.1. The molecule has 0 aliphatic heterocycles. The van der Waals surface area contributed by atoms with Crippen molar-refractivity contribution >= 4 is 0 Å². The van der Waals surface area contributed by atoms with E-state index in [2.05, 4.69) is 16.5 Å². The van der Waals surface area contributed by atoms with E-state index in [0.717, 1.165) is 24.4 Å². The normalized spacial score (nSPS) is 12.6. The van der Waals surface area contributed by atoms with E-state index < -0.39 is 6.10 Å². The Kier molecular flexibility index (Phi) is 4.68.